The third-order valence-electron chi connectivity index (χ3n) is 4.28. The molecule has 0 radical (unpaired) electrons. The molecule has 3 rings (SSSR count). The van der Waals surface area contributed by atoms with Crippen LogP contribution in [-0.4, -0.2) is 25.5 Å². The number of nitrogens with one attached hydrogen (secondary N) is 2. The first kappa shape index (κ1) is 20.2. The lowest BCUT2D eigenvalue weighted by Crippen LogP contribution is -2.26. The van der Waals surface area contributed by atoms with Crippen molar-refractivity contribution in [3.63, 3.8) is 0 Å². The number of fused-ring (bicyclic) bond motifs is 1. The van der Waals surface area contributed by atoms with Gasteiger partial charge in [-0.1, -0.05) is 37.1 Å². The highest BCUT2D eigenvalue weighted by atomic mass is 35.5. The van der Waals surface area contributed by atoms with Crippen molar-refractivity contribution in [3.8, 4) is 5.75 Å². The number of benzene rings is 2. The highest BCUT2D eigenvalue weighted by molar-refractivity contribution is 7.21. The molecule has 0 atom stereocenters. The number of thiophene rings is 1. The van der Waals surface area contributed by atoms with E-state index in [0.717, 1.165) is 22.9 Å². The molecule has 2 amide bonds. The van der Waals surface area contributed by atoms with Crippen molar-refractivity contribution < 1.29 is 14.3 Å². The number of hydrogen-bond acceptors (Lipinski definition) is 4. The Hall–Kier alpha value is -2.57. The van der Waals surface area contributed by atoms with Gasteiger partial charge in [-0.15, -0.1) is 11.3 Å². The van der Waals surface area contributed by atoms with Gasteiger partial charge in [0.2, 0.25) is 0 Å². The van der Waals surface area contributed by atoms with E-state index in [-0.39, 0.29) is 11.8 Å². The van der Waals surface area contributed by atoms with Crippen molar-refractivity contribution in [1.82, 2.24) is 5.32 Å². The monoisotopic (exact) mass is 416 g/mol. The molecule has 0 bridgehead atoms. The molecular formula is C21H21ClN2O3S. The number of halogens is 1. The van der Waals surface area contributed by atoms with Crippen LogP contribution in [0.5, 0.6) is 5.75 Å². The minimum absolute atomic E-state index is 0.212. The van der Waals surface area contributed by atoms with Crippen molar-refractivity contribution in [3.05, 3.63) is 57.9 Å². The van der Waals surface area contributed by atoms with Gasteiger partial charge in [0.15, 0.2) is 0 Å². The molecule has 0 aliphatic carbocycles. The van der Waals surface area contributed by atoms with E-state index in [2.05, 4.69) is 17.6 Å². The molecule has 5 nitrogen and oxygen atoms in total. The Labute approximate surface area is 172 Å². The predicted octanol–water partition coefficient (Wildman–Crippen LogP) is 5.35. The Morgan fingerprint density at radius 3 is 2.68 bits per heavy atom. The van der Waals surface area contributed by atoms with E-state index in [1.807, 2.05) is 12.1 Å². The predicted molar refractivity (Wildman–Crippen MR) is 115 cm³/mol. The standard InChI is InChI=1S/C21H21ClN2O3S/c1-3-4-11-23-20(25)14-7-5-6-8-16(14)24-21(26)19-18(22)15-10-9-13(27-2)12-17(15)28-19/h5-10,12H,3-4,11H2,1-2H3,(H,23,25)(H,24,26). The molecular weight excluding hydrogens is 396 g/mol. The van der Waals surface area contributed by atoms with Crippen LogP contribution in [-0.2, 0) is 0 Å². The Balaban J connectivity index is 1.85. The summed E-state index contributed by atoms with van der Waals surface area (Å²) in [5.74, 6) is 0.141. The third-order valence-corrected chi connectivity index (χ3v) is 5.93. The second-order valence-electron chi connectivity index (χ2n) is 6.22. The molecule has 2 N–H and O–H groups in total. The molecule has 146 valence electrons. The zero-order chi connectivity index (χ0) is 20.1. The van der Waals surface area contributed by atoms with E-state index < -0.39 is 0 Å². The first-order valence-corrected chi connectivity index (χ1v) is 10.2. The molecule has 0 fully saturated rings. The van der Waals surface area contributed by atoms with Crippen LogP contribution < -0.4 is 15.4 Å². The second kappa shape index (κ2) is 9.08. The lowest BCUT2D eigenvalue weighted by atomic mass is 10.1. The smallest absolute Gasteiger partial charge is 0.267 e. The fourth-order valence-corrected chi connectivity index (χ4v) is 4.20. The SMILES string of the molecule is CCCCNC(=O)c1ccccc1NC(=O)c1sc2cc(OC)ccc2c1Cl. The molecule has 0 saturated carbocycles. The number of para-hydroxylation sites is 1. The van der Waals surface area contributed by atoms with E-state index in [1.165, 1.54) is 11.3 Å². The van der Waals surface area contributed by atoms with Crippen molar-refractivity contribution >= 4 is 50.5 Å². The van der Waals surface area contributed by atoms with Crippen LogP contribution >= 0.6 is 22.9 Å². The average molecular weight is 417 g/mol. The van der Waals surface area contributed by atoms with Crippen molar-refractivity contribution in [1.29, 1.82) is 0 Å². The van der Waals surface area contributed by atoms with Gasteiger partial charge in [-0.3, -0.25) is 9.59 Å². The molecule has 0 aliphatic rings. The Morgan fingerprint density at radius 1 is 1.14 bits per heavy atom. The fourth-order valence-electron chi connectivity index (χ4n) is 2.76. The third kappa shape index (κ3) is 4.29. The quantitative estimate of drug-likeness (QED) is 0.510. The molecule has 2 aromatic carbocycles. The average Bonchev–Trinajstić information content (AvgIpc) is 3.04. The van der Waals surface area contributed by atoms with Gasteiger partial charge in [0.05, 0.1) is 23.4 Å². The van der Waals surface area contributed by atoms with E-state index >= 15 is 0 Å². The van der Waals surface area contributed by atoms with Crippen molar-refractivity contribution in [2.24, 2.45) is 0 Å². The number of carbonyl (C=O) groups excluding carboxylic acids is 2. The highest BCUT2D eigenvalue weighted by Gasteiger charge is 2.20. The first-order chi connectivity index (χ1) is 13.5. The normalized spacial score (nSPS) is 10.7. The Bertz CT molecular complexity index is 1020. The minimum Gasteiger partial charge on any atom is -0.497 e. The van der Waals surface area contributed by atoms with E-state index in [0.29, 0.717) is 33.4 Å². The van der Waals surface area contributed by atoms with Crippen LogP contribution in [0.25, 0.3) is 10.1 Å². The van der Waals surface area contributed by atoms with Gasteiger partial charge in [0.1, 0.15) is 10.6 Å². The van der Waals surface area contributed by atoms with E-state index in [4.69, 9.17) is 16.3 Å². The summed E-state index contributed by atoms with van der Waals surface area (Å²) in [4.78, 5) is 25.7. The molecule has 3 aromatic rings. The topological polar surface area (TPSA) is 67.4 Å². The van der Waals surface area contributed by atoms with Gasteiger partial charge in [-0.25, -0.2) is 0 Å². The maximum absolute atomic E-state index is 12.8. The van der Waals surface area contributed by atoms with Crippen molar-refractivity contribution in [2.75, 3.05) is 19.0 Å². The van der Waals surface area contributed by atoms with E-state index in [9.17, 15) is 9.59 Å². The Morgan fingerprint density at radius 2 is 1.93 bits per heavy atom. The highest BCUT2D eigenvalue weighted by Crippen LogP contribution is 2.37. The second-order valence-corrected chi connectivity index (χ2v) is 7.65. The maximum Gasteiger partial charge on any atom is 0.267 e. The number of anilines is 1. The molecule has 0 saturated heterocycles. The number of carbonyl (C=O) groups is 2. The molecule has 1 aromatic heterocycles. The van der Waals surface area contributed by atoms with Crippen LogP contribution in [0.15, 0.2) is 42.5 Å². The lowest BCUT2D eigenvalue weighted by molar-refractivity contribution is 0.0954. The maximum atomic E-state index is 12.8. The Kier molecular flexibility index (Phi) is 6.54. The fraction of sp³-hybridized carbons (Fsp3) is 0.238. The van der Waals surface area contributed by atoms with Crippen LogP contribution in [0.3, 0.4) is 0 Å². The summed E-state index contributed by atoms with van der Waals surface area (Å²) in [7, 11) is 1.59. The number of ether oxygens (including phenoxy) is 1. The van der Waals surface area contributed by atoms with Crippen LogP contribution in [0.1, 0.15) is 39.8 Å². The number of rotatable bonds is 7. The zero-order valence-electron chi connectivity index (χ0n) is 15.7. The summed E-state index contributed by atoms with van der Waals surface area (Å²) in [6, 6.07) is 12.4. The van der Waals surface area contributed by atoms with Crippen LogP contribution in [0.4, 0.5) is 5.69 Å². The summed E-state index contributed by atoms with van der Waals surface area (Å²) in [6.07, 6.45) is 1.90. The largest absolute Gasteiger partial charge is 0.497 e. The van der Waals surface area contributed by atoms with Gasteiger partial charge < -0.3 is 15.4 Å². The number of amides is 2. The summed E-state index contributed by atoms with van der Waals surface area (Å²) >= 11 is 7.72. The van der Waals surface area contributed by atoms with Crippen molar-refractivity contribution in [2.45, 2.75) is 19.8 Å². The molecule has 0 spiro atoms. The summed E-state index contributed by atoms with van der Waals surface area (Å²) < 4.78 is 6.09. The van der Waals surface area contributed by atoms with Gasteiger partial charge >= 0.3 is 0 Å². The van der Waals surface area contributed by atoms with Crippen LogP contribution in [0.2, 0.25) is 5.02 Å². The molecule has 0 aliphatic heterocycles. The first-order valence-electron chi connectivity index (χ1n) is 8.99. The molecule has 1 heterocycles. The van der Waals surface area contributed by atoms with E-state index in [1.54, 1.807) is 37.4 Å². The number of hydrogen-bond donors (Lipinski definition) is 2. The summed E-state index contributed by atoms with van der Waals surface area (Å²) in [6.45, 7) is 2.66. The lowest BCUT2D eigenvalue weighted by Gasteiger charge is -2.11. The zero-order valence-corrected chi connectivity index (χ0v) is 17.2. The number of methoxy groups -OCH3 is 1. The van der Waals surface area contributed by atoms with Gasteiger partial charge in [-0.2, -0.15) is 0 Å². The van der Waals surface area contributed by atoms with Crippen LogP contribution in [0, 0.1) is 0 Å². The summed E-state index contributed by atoms with van der Waals surface area (Å²) in [5.41, 5.74) is 0.874. The van der Waals surface area contributed by atoms with Gasteiger partial charge in [0.25, 0.3) is 11.8 Å². The van der Waals surface area contributed by atoms with Gasteiger partial charge in [-0.05, 0) is 36.8 Å². The summed E-state index contributed by atoms with van der Waals surface area (Å²) in [5, 5.41) is 6.88. The van der Waals surface area contributed by atoms with Gasteiger partial charge in [0, 0.05) is 16.6 Å². The molecule has 28 heavy (non-hydrogen) atoms. The minimum atomic E-state index is -0.348. The molecule has 7 heteroatoms. The number of unbranched alkanes of at least 4 members (excludes halogenated alkanes) is 1. The molecule has 0 unspecified atom stereocenters.